The van der Waals surface area contributed by atoms with E-state index in [2.05, 4.69) is 13.8 Å². The summed E-state index contributed by atoms with van der Waals surface area (Å²) in [6.45, 7) is 5.28. The average molecular weight is 353 g/mol. The van der Waals surface area contributed by atoms with E-state index in [4.69, 9.17) is 0 Å². The van der Waals surface area contributed by atoms with E-state index < -0.39 is 10.0 Å². The van der Waals surface area contributed by atoms with Crippen molar-refractivity contribution in [1.29, 1.82) is 0 Å². The van der Waals surface area contributed by atoms with E-state index in [1.165, 1.54) is 4.31 Å². The zero-order valence-electron chi connectivity index (χ0n) is 14.7. The van der Waals surface area contributed by atoms with Crippen LogP contribution in [0.4, 0.5) is 0 Å². The highest BCUT2D eigenvalue weighted by Gasteiger charge is 2.33. The monoisotopic (exact) mass is 353 g/mol. The van der Waals surface area contributed by atoms with Crippen LogP contribution in [0.2, 0.25) is 0 Å². The third-order valence-corrected chi connectivity index (χ3v) is 7.19. The lowest BCUT2D eigenvalue weighted by Gasteiger charge is -2.39. The van der Waals surface area contributed by atoms with Crippen molar-refractivity contribution in [1.82, 2.24) is 13.8 Å². The number of likely N-dealkylation sites (tertiary alicyclic amines) is 1. The van der Waals surface area contributed by atoms with Crippen LogP contribution in [0.15, 0.2) is 17.2 Å². The first kappa shape index (κ1) is 17.5. The minimum atomic E-state index is -3.49. The van der Waals surface area contributed by atoms with Crippen molar-refractivity contribution >= 4 is 15.9 Å². The number of carbonyl (C=O) groups is 1. The lowest BCUT2D eigenvalue weighted by atomic mass is 9.97. The van der Waals surface area contributed by atoms with Crippen molar-refractivity contribution < 1.29 is 13.2 Å². The minimum Gasteiger partial charge on any atom is -0.345 e. The summed E-state index contributed by atoms with van der Waals surface area (Å²) in [6, 6.07) is 1.92. The number of piperidine rings is 1. The van der Waals surface area contributed by atoms with Crippen LogP contribution in [-0.2, 0) is 17.1 Å². The Labute approximate surface area is 144 Å². The van der Waals surface area contributed by atoms with Gasteiger partial charge < -0.3 is 9.47 Å². The summed E-state index contributed by atoms with van der Waals surface area (Å²) in [5, 5.41) is 0. The molecule has 3 heterocycles. The fourth-order valence-electron chi connectivity index (χ4n) is 3.92. The van der Waals surface area contributed by atoms with Crippen molar-refractivity contribution in [2.24, 2.45) is 7.05 Å². The Morgan fingerprint density at radius 3 is 2.25 bits per heavy atom. The molecule has 0 aromatic carbocycles. The zero-order chi connectivity index (χ0) is 17.5. The maximum Gasteiger partial charge on any atom is 0.270 e. The standard InChI is InChI=1S/C17H27N3O3S/c1-13-7-6-8-14(2)20(13)17(21)16-11-15(12-18(16)3)24(22,23)19-9-4-5-10-19/h11-14H,4-10H2,1-3H3. The highest BCUT2D eigenvalue weighted by Crippen LogP contribution is 2.27. The molecule has 6 nitrogen and oxygen atoms in total. The predicted molar refractivity (Wildman–Crippen MR) is 92.4 cm³/mol. The molecular formula is C17H27N3O3S. The highest BCUT2D eigenvalue weighted by atomic mass is 32.2. The number of sulfonamides is 1. The van der Waals surface area contributed by atoms with Crippen LogP contribution in [0, 0.1) is 0 Å². The van der Waals surface area contributed by atoms with Crippen LogP contribution in [0.5, 0.6) is 0 Å². The van der Waals surface area contributed by atoms with Gasteiger partial charge in [-0.1, -0.05) is 0 Å². The number of nitrogens with zero attached hydrogens (tertiary/aromatic N) is 3. The second-order valence-electron chi connectivity index (χ2n) is 7.12. The van der Waals surface area contributed by atoms with Gasteiger partial charge in [0, 0.05) is 38.4 Å². The van der Waals surface area contributed by atoms with Crippen LogP contribution < -0.4 is 0 Å². The molecule has 134 valence electrons. The first-order chi connectivity index (χ1) is 11.3. The SMILES string of the molecule is CC1CCCC(C)N1C(=O)c1cc(S(=O)(=O)N2CCCC2)cn1C. The Morgan fingerprint density at radius 1 is 1.08 bits per heavy atom. The highest BCUT2D eigenvalue weighted by molar-refractivity contribution is 7.89. The molecule has 1 aromatic rings. The number of carbonyl (C=O) groups excluding carboxylic acids is 1. The summed E-state index contributed by atoms with van der Waals surface area (Å²) in [6.07, 6.45) is 6.51. The van der Waals surface area contributed by atoms with E-state index in [1.807, 2.05) is 4.90 Å². The number of hydrogen-bond acceptors (Lipinski definition) is 3. The lowest BCUT2D eigenvalue weighted by Crippen LogP contribution is -2.47. The molecule has 1 aromatic heterocycles. The van der Waals surface area contributed by atoms with Gasteiger partial charge in [-0.05, 0) is 52.0 Å². The van der Waals surface area contributed by atoms with Gasteiger partial charge >= 0.3 is 0 Å². The first-order valence-electron chi connectivity index (χ1n) is 8.81. The van der Waals surface area contributed by atoms with Gasteiger partial charge in [0.25, 0.3) is 5.91 Å². The summed E-state index contributed by atoms with van der Waals surface area (Å²) in [5.41, 5.74) is 0.452. The Bertz CT molecular complexity index is 709. The fraction of sp³-hybridized carbons (Fsp3) is 0.706. The molecule has 2 aliphatic rings. The molecule has 0 N–H and O–H groups in total. The molecular weight excluding hydrogens is 326 g/mol. The second kappa shape index (κ2) is 6.52. The molecule has 0 bridgehead atoms. The van der Waals surface area contributed by atoms with Crippen LogP contribution in [0.3, 0.4) is 0 Å². The van der Waals surface area contributed by atoms with E-state index in [-0.39, 0.29) is 22.9 Å². The normalized spacial score (nSPS) is 26.0. The summed E-state index contributed by atoms with van der Waals surface area (Å²) in [7, 11) is -1.74. The van der Waals surface area contributed by atoms with E-state index in [1.54, 1.807) is 23.9 Å². The number of aromatic nitrogens is 1. The van der Waals surface area contributed by atoms with Crippen molar-refractivity contribution in [3.63, 3.8) is 0 Å². The predicted octanol–water partition coefficient (Wildman–Crippen LogP) is 2.21. The lowest BCUT2D eigenvalue weighted by molar-refractivity contribution is 0.0501. The van der Waals surface area contributed by atoms with E-state index in [0.717, 1.165) is 32.1 Å². The van der Waals surface area contributed by atoms with Crippen LogP contribution >= 0.6 is 0 Å². The average Bonchev–Trinajstić information content (AvgIpc) is 3.16. The maximum absolute atomic E-state index is 13.0. The molecule has 2 fully saturated rings. The van der Waals surface area contributed by atoms with Gasteiger partial charge in [-0.25, -0.2) is 8.42 Å². The molecule has 0 aliphatic carbocycles. The quantitative estimate of drug-likeness (QED) is 0.837. The minimum absolute atomic E-state index is 0.0694. The first-order valence-corrected chi connectivity index (χ1v) is 10.3. The Kier molecular flexibility index (Phi) is 4.75. The Balaban J connectivity index is 1.90. The van der Waals surface area contributed by atoms with Gasteiger partial charge in [-0.2, -0.15) is 4.31 Å². The van der Waals surface area contributed by atoms with E-state index in [0.29, 0.717) is 18.8 Å². The summed E-state index contributed by atoms with van der Waals surface area (Å²) in [4.78, 5) is 15.1. The fourth-order valence-corrected chi connectivity index (χ4v) is 5.51. The Hall–Kier alpha value is -1.34. The van der Waals surface area contributed by atoms with E-state index in [9.17, 15) is 13.2 Å². The zero-order valence-corrected chi connectivity index (χ0v) is 15.6. The molecule has 0 saturated carbocycles. The second-order valence-corrected chi connectivity index (χ2v) is 9.06. The third kappa shape index (κ3) is 2.99. The molecule has 0 spiro atoms. The number of aryl methyl sites for hydroxylation is 1. The third-order valence-electron chi connectivity index (χ3n) is 5.33. The molecule has 0 radical (unpaired) electrons. The molecule has 7 heteroatoms. The van der Waals surface area contributed by atoms with E-state index >= 15 is 0 Å². The number of hydrogen-bond donors (Lipinski definition) is 0. The van der Waals surface area contributed by atoms with Crippen LogP contribution in [-0.4, -0.2) is 53.3 Å². The Morgan fingerprint density at radius 2 is 1.67 bits per heavy atom. The molecule has 3 rings (SSSR count). The van der Waals surface area contributed by atoms with Crippen molar-refractivity contribution in [3.8, 4) is 0 Å². The van der Waals surface area contributed by atoms with Gasteiger partial charge in [0.05, 0.1) is 0 Å². The van der Waals surface area contributed by atoms with Gasteiger partial charge in [0.2, 0.25) is 10.0 Å². The molecule has 2 unspecified atom stereocenters. The van der Waals surface area contributed by atoms with Crippen molar-refractivity contribution in [2.75, 3.05) is 13.1 Å². The largest absolute Gasteiger partial charge is 0.345 e. The molecule has 1 amide bonds. The smallest absolute Gasteiger partial charge is 0.270 e. The summed E-state index contributed by atoms with van der Waals surface area (Å²) in [5.74, 6) is -0.0694. The molecule has 2 aliphatic heterocycles. The topological polar surface area (TPSA) is 62.6 Å². The van der Waals surface area contributed by atoms with Gasteiger partial charge in [-0.15, -0.1) is 0 Å². The number of amides is 1. The summed E-state index contributed by atoms with van der Waals surface area (Å²) >= 11 is 0. The maximum atomic E-state index is 13.0. The molecule has 2 atom stereocenters. The van der Waals surface area contributed by atoms with Crippen LogP contribution in [0.1, 0.15) is 56.4 Å². The summed E-state index contributed by atoms with van der Waals surface area (Å²) < 4.78 is 28.6. The van der Waals surface area contributed by atoms with Gasteiger partial charge in [0.1, 0.15) is 10.6 Å². The molecule has 24 heavy (non-hydrogen) atoms. The molecule has 2 saturated heterocycles. The number of rotatable bonds is 3. The van der Waals surface area contributed by atoms with Crippen molar-refractivity contribution in [2.45, 2.75) is 62.9 Å². The van der Waals surface area contributed by atoms with Gasteiger partial charge in [-0.3, -0.25) is 4.79 Å². The van der Waals surface area contributed by atoms with Crippen molar-refractivity contribution in [3.05, 3.63) is 18.0 Å². The van der Waals surface area contributed by atoms with Crippen LogP contribution in [0.25, 0.3) is 0 Å². The van der Waals surface area contributed by atoms with Gasteiger partial charge in [0.15, 0.2) is 0 Å².